The minimum atomic E-state index is -4.53. The normalized spacial score (nSPS) is 12.3. The van der Waals surface area contributed by atoms with Crippen molar-refractivity contribution in [2.45, 2.75) is 11.8 Å². The van der Waals surface area contributed by atoms with Gasteiger partial charge in [-0.25, -0.2) is 4.98 Å². The Balaban J connectivity index is 2.00. The van der Waals surface area contributed by atoms with Gasteiger partial charge in [0.25, 0.3) is 10.1 Å². The average Bonchev–Trinajstić information content (AvgIpc) is 3.14. The molecule has 0 saturated heterocycles. The summed E-state index contributed by atoms with van der Waals surface area (Å²) in [5, 5.41) is 2.04. The zero-order chi connectivity index (χ0) is 22.6. The number of hydrogen-bond donors (Lipinski definition) is 2. The molecular formula is C20H19ClN2O6S2. The molecule has 0 spiro atoms. The Kier molecular flexibility index (Phi) is 7.16. The first kappa shape index (κ1) is 23.0. The van der Waals surface area contributed by atoms with E-state index in [4.69, 9.17) is 21.1 Å². The van der Waals surface area contributed by atoms with Gasteiger partial charge in [-0.2, -0.15) is 8.42 Å². The first-order chi connectivity index (χ1) is 14.7. The van der Waals surface area contributed by atoms with Crippen LogP contribution in [0.5, 0.6) is 5.75 Å². The van der Waals surface area contributed by atoms with E-state index >= 15 is 0 Å². The number of rotatable bonds is 8. The molecule has 164 valence electrons. The van der Waals surface area contributed by atoms with Gasteiger partial charge in [0.15, 0.2) is 10.5 Å². The molecule has 0 aliphatic rings. The first-order valence-electron chi connectivity index (χ1n) is 8.90. The number of hydrogen-bond acceptors (Lipinski definition) is 8. The number of anilines is 1. The topological polar surface area (TPSA) is 115 Å². The molecule has 3 rings (SSSR count). The van der Waals surface area contributed by atoms with Crippen molar-refractivity contribution >= 4 is 44.2 Å². The minimum Gasteiger partial charge on any atom is -0.497 e. The van der Waals surface area contributed by atoms with Gasteiger partial charge in [-0.05, 0) is 29.8 Å². The number of methoxy groups -OCH3 is 2. The number of carbonyl (C=O) groups is 1. The molecule has 3 aromatic rings. The number of aromatic nitrogens is 1. The van der Waals surface area contributed by atoms with Gasteiger partial charge in [0.2, 0.25) is 0 Å². The maximum atomic E-state index is 12.1. The lowest BCUT2D eigenvalue weighted by atomic mass is 10.1. The molecule has 1 aromatic heterocycles. The monoisotopic (exact) mass is 482 g/mol. The molecule has 0 aliphatic heterocycles. The molecular weight excluding hydrogens is 464 g/mol. The van der Waals surface area contributed by atoms with Crippen LogP contribution in [0.25, 0.3) is 11.3 Å². The van der Waals surface area contributed by atoms with Crippen molar-refractivity contribution in [1.82, 2.24) is 4.98 Å². The zero-order valence-electron chi connectivity index (χ0n) is 16.5. The van der Waals surface area contributed by atoms with Gasteiger partial charge in [-0.3, -0.25) is 9.35 Å². The third-order valence-electron chi connectivity index (χ3n) is 4.32. The van der Waals surface area contributed by atoms with Gasteiger partial charge in [-0.1, -0.05) is 35.9 Å². The highest BCUT2D eigenvalue weighted by Gasteiger charge is 2.27. The Morgan fingerprint density at radius 3 is 2.35 bits per heavy atom. The van der Waals surface area contributed by atoms with E-state index in [1.54, 1.807) is 36.4 Å². The van der Waals surface area contributed by atoms with E-state index < -0.39 is 21.5 Å². The van der Waals surface area contributed by atoms with Crippen molar-refractivity contribution in [3.05, 3.63) is 64.0 Å². The number of thiazole rings is 1. The van der Waals surface area contributed by atoms with E-state index in [1.165, 1.54) is 26.4 Å². The third kappa shape index (κ3) is 5.73. The van der Waals surface area contributed by atoms with Crippen LogP contribution < -0.4 is 10.1 Å². The van der Waals surface area contributed by atoms with Crippen LogP contribution in [0, 0.1) is 0 Å². The van der Waals surface area contributed by atoms with Crippen LogP contribution in [0.3, 0.4) is 0 Å². The Morgan fingerprint density at radius 2 is 1.81 bits per heavy atom. The quantitative estimate of drug-likeness (QED) is 0.363. The summed E-state index contributed by atoms with van der Waals surface area (Å²) in [6.45, 7) is 0. The summed E-state index contributed by atoms with van der Waals surface area (Å²) in [6, 6.07) is 13.1. The van der Waals surface area contributed by atoms with E-state index in [0.29, 0.717) is 32.5 Å². The second-order valence-corrected chi connectivity index (χ2v) is 9.38. The molecule has 31 heavy (non-hydrogen) atoms. The Labute approximate surface area is 188 Å². The standard InChI is InChI=1S/C20H19ClN2O6S2/c1-28-15-9-5-13(6-10-15)19(31(25,26)27)23-20-22-18(12-3-7-14(21)8-4-12)16(30-20)11-17(24)29-2/h3-10,19H,11H2,1-2H3,(H,22,23)(H,25,26,27). The Hall–Kier alpha value is -2.66. The van der Waals surface area contributed by atoms with E-state index in [2.05, 4.69) is 10.3 Å². The number of benzene rings is 2. The van der Waals surface area contributed by atoms with Crippen LogP contribution in [0.4, 0.5) is 5.13 Å². The largest absolute Gasteiger partial charge is 0.497 e. The van der Waals surface area contributed by atoms with Gasteiger partial charge in [-0.15, -0.1) is 11.3 Å². The summed E-state index contributed by atoms with van der Waals surface area (Å²) in [7, 11) is -1.76. The van der Waals surface area contributed by atoms with Crippen LogP contribution >= 0.6 is 22.9 Å². The Morgan fingerprint density at radius 1 is 1.16 bits per heavy atom. The fourth-order valence-electron chi connectivity index (χ4n) is 2.79. The molecule has 1 unspecified atom stereocenters. The Bertz CT molecular complexity index is 1160. The van der Waals surface area contributed by atoms with Crippen LogP contribution in [-0.4, -0.2) is 38.1 Å². The molecule has 0 radical (unpaired) electrons. The number of ether oxygens (including phenoxy) is 2. The maximum absolute atomic E-state index is 12.1. The molecule has 0 bridgehead atoms. The van der Waals surface area contributed by atoms with Crippen molar-refractivity contribution in [2.24, 2.45) is 0 Å². The summed E-state index contributed by atoms with van der Waals surface area (Å²) in [5.74, 6) is 0.0735. The highest BCUT2D eigenvalue weighted by Crippen LogP contribution is 2.35. The van der Waals surface area contributed by atoms with Crippen molar-refractivity contribution < 1.29 is 27.2 Å². The molecule has 0 saturated carbocycles. The zero-order valence-corrected chi connectivity index (χ0v) is 18.9. The lowest BCUT2D eigenvalue weighted by Crippen LogP contribution is -2.20. The fourth-order valence-corrected chi connectivity index (χ4v) is 4.75. The summed E-state index contributed by atoms with van der Waals surface area (Å²) in [6.07, 6.45) is -0.0487. The van der Waals surface area contributed by atoms with Crippen LogP contribution in [0.15, 0.2) is 48.5 Å². The molecule has 0 fully saturated rings. The van der Waals surface area contributed by atoms with Gasteiger partial charge in [0, 0.05) is 15.5 Å². The number of nitrogens with one attached hydrogen (secondary N) is 1. The van der Waals surface area contributed by atoms with Gasteiger partial charge < -0.3 is 14.8 Å². The summed E-state index contributed by atoms with van der Waals surface area (Å²) >= 11 is 7.04. The molecule has 1 heterocycles. The predicted molar refractivity (Wildman–Crippen MR) is 119 cm³/mol. The second kappa shape index (κ2) is 9.65. The van der Waals surface area contributed by atoms with Crippen molar-refractivity contribution in [3.63, 3.8) is 0 Å². The second-order valence-electron chi connectivity index (χ2n) is 6.36. The molecule has 2 aromatic carbocycles. The SMILES string of the molecule is COC(=O)Cc1sc(NC(c2ccc(OC)cc2)S(=O)(=O)O)nc1-c1ccc(Cl)cc1. The number of halogens is 1. The van der Waals surface area contributed by atoms with E-state index in [-0.39, 0.29) is 11.6 Å². The van der Waals surface area contributed by atoms with Crippen LogP contribution in [0.1, 0.15) is 15.8 Å². The predicted octanol–water partition coefficient (Wildman–Crippen LogP) is 4.19. The maximum Gasteiger partial charge on any atom is 0.310 e. The van der Waals surface area contributed by atoms with Gasteiger partial charge in [0.1, 0.15) is 5.75 Å². The number of carbonyl (C=O) groups excluding carboxylic acids is 1. The van der Waals surface area contributed by atoms with Crippen molar-refractivity contribution in [1.29, 1.82) is 0 Å². The molecule has 2 N–H and O–H groups in total. The molecule has 8 nitrogen and oxygen atoms in total. The average molecular weight is 483 g/mol. The highest BCUT2D eigenvalue weighted by atomic mass is 35.5. The van der Waals surface area contributed by atoms with Crippen LogP contribution in [-0.2, 0) is 26.1 Å². The smallest absolute Gasteiger partial charge is 0.310 e. The van der Waals surface area contributed by atoms with Crippen molar-refractivity contribution in [2.75, 3.05) is 19.5 Å². The van der Waals surface area contributed by atoms with E-state index in [1.807, 2.05) is 0 Å². The highest BCUT2D eigenvalue weighted by molar-refractivity contribution is 7.86. The molecule has 0 amide bonds. The van der Waals surface area contributed by atoms with Gasteiger partial charge >= 0.3 is 5.97 Å². The molecule has 1 atom stereocenters. The third-order valence-corrected chi connectivity index (χ3v) is 6.54. The molecule has 0 aliphatic carbocycles. The lowest BCUT2D eigenvalue weighted by molar-refractivity contribution is -0.139. The molecule has 11 heteroatoms. The van der Waals surface area contributed by atoms with Gasteiger partial charge in [0.05, 0.1) is 26.3 Å². The van der Waals surface area contributed by atoms with Crippen molar-refractivity contribution in [3.8, 4) is 17.0 Å². The number of esters is 1. The number of nitrogens with zero attached hydrogens (tertiary/aromatic N) is 1. The van der Waals surface area contributed by atoms with E-state index in [0.717, 1.165) is 11.3 Å². The first-order valence-corrected chi connectivity index (χ1v) is 11.6. The summed E-state index contributed by atoms with van der Waals surface area (Å²) in [4.78, 5) is 16.9. The summed E-state index contributed by atoms with van der Waals surface area (Å²) in [5.41, 5.74) is 1.47. The lowest BCUT2D eigenvalue weighted by Gasteiger charge is -2.15. The minimum absolute atomic E-state index is 0.0487. The van der Waals surface area contributed by atoms with Crippen LogP contribution in [0.2, 0.25) is 5.02 Å². The van der Waals surface area contributed by atoms with E-state index in [9.17, 15) is 17.8 Å². The fraction of sp³-hybridized carbons (Fsp3) is 0.200. The summed E-state index contributed by atoms with van der Waals surface area (Å²) < 4.78 is 43.8.